The number of piperidine rings is 1. The molecule has 7 nitrogen and oxygen atoms in total. The second kappa shape index (κ2) is 6.67. The topological polar surface area (TPSA) is 76.3 Å². The van der Waals surface area contributed by atoms with Gasteiger partial charge in [-0.15, -0.1) is 10.2 Å². The van der Waals surface area contributed by atoms with E-state index in [1.54, 1.807) is 30.0 Å². The van der Waals surface area contributed by atoms with Gasteiger partial charge in [-0.2, -0.15) is 0 Å². The lowest BCUT2D eigenvalue weighted by Gasteiger charge is -2.23. The Morgan fingerprint density at radius 2 is 2.17 bits per heavy atom. The van der Waals surface area contributed by atoms with Crippen LogP contribution in [0, 0.1) is 11.7 Å². The van der Waals surface area contributed by atoms with Crippen LogP contribution in [0.25, 0.3) is 5.69 Å². The lowest BCUT2D eigenvalue weighted by Crippen LogP contribution is -2.29. The van der Waals surface area contributed by atoms with E-state index in [1.807, 2.05) is 6.07 Å². The molecule has 3 heterocycles. The van der Waals surface area contributed by atoms with Crippen LogP contribution in [0.2, 0.25) is 5.02 Å². The smallest absolute Gasteiger partial charge is 0.232 e. The highest BCUT2D eigenvalue weighted by Gasteiger charge is 2.62. The van der Waals surface area contributed by atoms with Crippen LogP contribution in [0.1, 0.15) is 17.8 Å². The minimum absolute atomic E-state index is 0.0981. The van der Waals surface area contributed by atoms with E-state index >= 15 is 0 Å². The molecular weight excluding hydrogens is 397 g/mol. The fourth-order valence-corrected chi connectivity index (χ4v) is 4.81. The number of hydrogen-bond acceptors (Lipinski definition) is 6. The molecule has 1 aromatic carbocycles. The number of rotatable bonds is 5. The van der Waals surface area contributed by atoms with Gasteiger partial charge in [-0.05, 0) is 36.1 Å². The van der Waals surface area contributed by atoms with Crippen LogP contribution in [0.4, 0.5) is 10.3 Å². The number of aliphatic hydroxyl groups excluding tert-OH is 1. The molecule has 1 N–H and O–H groups in total. The van der Waals surface area contributed by atoms with Gasteiger partial charge in [0.2, 0.25) is 11.8 Å². The van der Waals surface area contributed by atoms with Crippen LogP contribution in [-0.2, 0) is 12.0 Å². The molecule has 29 heavy (non-hydrogen) atoms. The van der Waals surface area contributed by atoms with Crippen molar-refractivity contribution in [2.45, 2.75) is 18.4 Å². The molecule has 2 aliphatic rings. The summed E-state index contributed by atoms with van der Waals surface area (Å²) in [5, 5.41) is 18.7. The number of methoxy groups -OCH3 is 1. The van der Waals surface area contributed by atoms with Crippen molar-refractivity contribution >= 4 is 17.5 Å². The molecule has 5 rings (SSSR count). The van der Waals surface area contributed by atoms with Crippen molar-refractivity contribution in [3.05, 3.63) is 58.8 Å². The zero-order valence-corrected chi connectivity index (χ0v) is 16.5. The number of fused-ring (bicyclic) bond motifs is 1. The Morgan fingerprint density at radius 1 is 1.31 bits per heavy atom. The average Bonchev–Trinajstić information content (AvgIpc) is 3.09. The molecule has 3 aromatic rings. The first-order chi connectivity index (χ1) is 14.1. The summed E-state index contributed by atoms with van der Waals surface area (Å²) in [4.78, 5) is 6.39. The van der Waals surface area contributed by atoms with E-state index in [4.69, 9.17) is 16.3 Å². The van der Waals surface area contributed by atoms with Gasteiger partial charge in [-0.3, -0.25) is 4.57 Å². The lowest BCUT2D eigenvalue weighted by molar-refractivity contribution is 0.269. The Morgan fingerprint density at radius 3 is 2.86 bits per heavy atom. The first-order valence-corrected chi connectivity index (χ1v) is 9.69. The van der Waals surface area contributed by atoms with Crippen LogP contribution in [0.15, 0.2) is 36.5 Å². The minimum atomic E-state index is -0.332. The molecule has 150 valence electrons. The molecule has 1 saturated carbocycles. The fraction of sp³-hybridized carbons (Fsp3) is 0.350. The molecule has 2 aromatic heterocycles. The van der Waals surface area contributed by atoms with Crippen molar-refractivity contribution in [1.82, 2.24) is 19.7 Å². The molecule has 9 heteroatoms. The summed E-state index contributed by atoms with van der Waals surface area (Å²) < 4.78 is 20.4. The molecule has 0 bridgehead atoms. The van der Waals surface area contributed by atoms with Crippen molar-refractivity contribution < 1.29 is 14.2 Å². The molecule has 0 unspecified atom stereocenters. The van der Waals surface area contributed by atoms with Crippen molar-refractivity contribution in [3.8, 4) is 11.6 Å². The Bertz CT molecular complexity index is 1070. The van der Waals surface area contributed by atoms with Crippen LogP contribution < -0.4 is 9.64 Å². The van der Waals surface area contributed by atoms with Gasteiger partial charge in [0.15, 0.2) is 5.82 Å². The monoisotopic (exact) mass is 415 g/mol. The Kier molecular flexibility index (Phi) is 4.22. The van der Waals surface area contributed by atoms with Gasteiger partial charge in [-0.1, -0.05) is 17.7 Å². The molecule has 1 saturated heterocycles. The SMILES string of the molecule is COc1ccc(-n2c(CO)nnc2N2C[C@@H]3C[C@]3(c3ccc(F)cc3Cl)C2)cn1. The molecule has 0 radical (unpaired) electrons. The van der Waals surface area contributed by atoms with Gasteiger partial charge in [0.25, 0.3) is 0 Å². The van der Waals surface area contributed by atoms with Gasteiger partial charge in [0.05, 0.1) is 19.0 Å². The zero-order valence-electron chi connectivity index (χ0n) is 15.7. The van der Waals surface area contributed by atoms with Crippen molar-refractivity contribution in [2.75, 3.05) is 25.1 Å². The van der Waals surface area contributed by atoms with E-state index in [0.29, 0.717) is 35.1 Å². The third kappa shape index (κ3) is 2.86. The molecule has 0 amide bonds. The number of anilines is 1. The molecule has 2 fully saturated rings. The predicted molar refractivity (Wildman–Crippen MR) is 105 cm³/mol. The largest absolute Gasteiger partial charge is 0.481 e. The van der Waals surface area contributed by atoms with Crippen LogP contribution >= 0.6 is 11.6 Å². The van der Waals surface area contributed by atoms with E-state index in [0.717, 1.165) is 24.2 Å². The number of hydrogen-bond donors (Lipinski definition) is 1. The van der Waals surface area contributed by atoms with Gasteiger partial charge < -0.3 is 14.7 Å². The number of pyridine rings is 1. The number of ether oxygens (including phenoxy) is 1. The number of aromatic nitrogens is 4. The lowest BCUT2D eigenvalue weighted by atomic mass is 9.95. The quantitative estimate of drug-likeness (QED) is 0.690. The third-order valence-corrected chi connectivity index (χ3v) is 6.25. The first kappa shape index (κ1) is 18.3. The maximum atomic E-state index is 13.5. The summed E-state index contributed by atoms with van der Waals surface area (Å²) in [6.07, 6.45) is 2.67. The summed E-state index contributed by atoms with van der Waals surface area (Å²) in [5.41, 5.74) is 1.62. The van der Waals surface area contributed by atoms with Crippen LogP contribution in [-0.4, -0.2) is 45.1 Å². The fourth-order valence-electron chi connectivity index (χ4n) is 4.45. The summed E-state index contributed by atoms with van der Waals surface area (Å²) in [6, 6.07) is 8.23. The number of aliphatic hydroxyl groups is 1. The molecular formula is C20H19ClFN5O2. The summed E-state index contributed by atoms with van der Waals surface area (Å²) >= 11 is 6.36. The van der Waals surface area contributed by atoms with Gasteiger partial charge >= 0.3 is 0 Å². The number of nitrogens with zero attached hydrogens (tertiary/aromatic N) is 5. The van der Waals surface area contributed by atoms with Crippen molar-refractivity contribution in [1.29, 1.82) is 0 Å². The highest BCUT2D eigenvalue weighted by molar-refractivity contribution is 6.31. The highest BCUT2D eigenvalue weighted by atomic mass is 35.5. The zero-order chi connectivity index (χ0) is 20.2. The average molecular weight is 416 g/mol. The van der Waals surface area contributed by atoms with Crippen LogP contribution in [0.3, 0.4) is 0 Å². The normalized spacial score (nSPS) is 22.6. The Hall–Kier alpha value is -2.71. The summed E-state index contributed by atoms with van der Waals surface area (Å²) in [5.74, 6) is 1.66. The summed E-state index contributed by atoms with van der Waals surface area (Å²) in [6.45, 7) is 1.25. The Labute approximate surface area is 171 Å². The molecule has 2 atom stereocenters. The van der Waals surface area contributed by atoms with Crippen LogP contribution in [0.5, 0.6) is 5.88 Å². The second-order valence-electron chi connectivity index (χ2n) is 7.53. The third-order valence-electron chi connectivity index (χ3n) is 5.94. The standard InChI is InChI=1S/C20H19ClFN5O2/c1-29-18-5-3-14(8-23-18)27-17(10-28)24-25-19(27)26-9-12-7-20(12,11-26)15-4-2-13(22)6-16(15)21/h2-6,8,12,28H,7,9-11H2,1H3/t12-,20-/m0/s1. The van der Waals surface area contributed by atoms with E-state index < -0.39 is 0 Å². The van der Waals surface area contributed by atoms with Gasteiger partial charge in [-0.25, -0.2) is 9.37 Å². The van der Waals surface area contributed by atoms with Crippen molar-refractivity contribution in [2.24, 2.45) is 5.92 Å². The molecule has 0 spiro atoms. The highest BCUT2D eigenvalue weighted by Crippen LogP contribution is 2.60. The number of benzene rings is 1. The summed E-state index contributed by atoms with van der Waals surface area (Å²) in [7, 11) is 1.56. The van der Waals surface area contributed by atoms with Gasteiger partial charge in [0.1, 0.15) is 12.4 Å². The maximum Gasteiger partial charge on any atom is 0.232 e. The first-order valence-electron chi connectivity index (χ1n) is 9.32. The Balaban J connectivity index is 1.49. The molecule has 1 aliphatic heterocycles. The van der Waals surface area contributed by atoms with E-state index in [-0.39, 0.29) is 17.8 Å². The maximum absolute atomic E-state index is 13.5. The van der Waals surface area contributed by atoms with E-state index in [2.05, 4.69) is 20.1 Å². The van der Waals surface area contributed by atoms with E-state index in [1.165, 1.54) is 12.1 Å². The second-order valence-corrected chi connectivity index (χ2v) is 7.94. The number of halogens is 2. The molecule has 1 aliphatic carbocycles. The predicted octanol–water partition coefficient (Wildman–Crippen LogP) is 2.73. The minimum Gasteiger partial charge on any atom is -0.481 e. The van der Waals surface area contributed by atoms with E-state index in [9.17, 15) is 9.50 Å². The van der Waals surface area contributed by atoms with Crippen molar-refractivity contribution in [3.63, 3.8) is 0 Å². The van der Waals surface area contributed by atoms with Gasteiger partial charge in [0, 0.05) is 29.6 Å².